The number of hydrogen-bond acceptors (Lipinski definition) is 3. The van der Waals surface area contributed by atoms with Gasteiger partial charge in [-0.2, -0.15) is 0 Å². The zero-order chi connectivity index (χ0) is 18.3. The third-order valence-corrected chi connectivity index (χ3v) is 6.63. The van der Waals surface area contributed by atoms with Crippen LogP contribution in [0.4, 0.5) is 0 Å². The van der Waals surface area contributed by atoms with Crippen LogP contribution in [0.2, 0.25) is 0 Å². The van der Waals surface area contributed by atoms with Crippen LogP contribution in [0.25, 0.3) is 0 Å². The monoisotopic (exact) mass is 362 g/mol. The summed E-state index contributed by atoms with van der Waals surface area (Å²) >= 11 is 0. The van der Waals surface area contributed by atoms with E-state index in [0.29, 0.717) is 6.16 Å². The van der Waals surface area contributed by atoms with Crippen LogP contribution in [0.15, 0.2) is 0 Å². The Labute approximate surface area is 151 Å². The van der Waals surface area contributed by atoms with Gasteiger partial charge in [-0.05, 0) is 26.7 Å². The zero-order valence-electron chi connectivity index (χ0n) is 17.0. The second-order valence-corrected chi connectivity index (χ2v) is 9.44. The van der Waals surface area contributed by atoms with Crippen LogP contribution in [0.5, 0.6) is 0 Å². The van der Waals surface area contributed by atoms with Crippen molar-refractivity contribution in [2.75, 3.05) is 6.16 Å². The SMILES string of the molecule is CCCCCCCC(C)OP(=O)(CC)OC(C)CCCCCCC. The highest BCUT2D eigenvalue weighted by Gasteiger charge is 2.27. The van der Waals surface area contributed by atoms with Crippen molar-refractivity contribution in [3.63, 3.8) is 0 Å². The molecule has 0 heterocycles. The first-order valence-electron chi connectivity index (χ1n) is 10.4. The summed E-state index contributed by atoms with van der Waals surface area (Å²) in [5.41, 5.74) is 0. The maximum Gasteiger partial charge on any atom is 0.330 e. The van der Waals surface area contributed by atoms with Crippen LogP contribution in [0, 0.1) is 0 Å². The molecule has 2 atom stereocenters. The molecule has 0 spiro atoms. The molecule has 0 saturated heterocycles. The van der Waals surface area contributed by atoms with E-state index >= 15 is 0 Å². The standard InChI is InChI=1S/C20H43O3P/c1-6-9-11-13-15-17-19(4)22-24(21,8-3)23-20(5)18-16-14-12-10-7-2/h19-20H,6-18H2,1-5H3. The molecular formula is C20H43O3P. The molecule has 0 aromatic heterocycles. The van der Waals surface area contributed by atoms with E-state index in [2.05, 4.69) is 13.8 Å². The van der Waals surface area contributed by atoms with Gasteiger partial charge in [-0.1, -0.05) is 85.0 Å². The average molecular weight is 363 g/mol. The van der Waals surface area contributed by atoms with Crippen LogP contribution in [-0.2, 0) is 13.6 Å². The smallest absolute Gasteiger partial charge is 0.306 e. The van der Waals surface area contributed by atoms with Crippen molar-refractivity contribution in [1.82, 2.24) is 0 Å². The van der Waals surface area contributed by atoms with Crippen molar-refractivity contribution < 1.29 is 13.6 Å². The minimum Gasteiger partial charge on any atom is -0.306 e. The van der Waals surface area contributed by atoms with Gasteiger partial charge in [-0.25, -0.2) is 0 Å². The fraction of sp³-hybridized carbons (Fsp3) is 1.00. The Bertz CT molecular complexity index is 294. The summed E-state index contributed by atoms with van der Waals surface area (Å²) in [5.74, 6) is 0. The molecule has 0 saturated carbocycles. The van der Waals surface area contributed by atoms with E-state index in [9.17, 15) is 4.57 Å². The Morgan fingerprint density at radius 3 is 1.38 bits per heavy atom. The van der Waals surface area contributed by atoms with Crippen LogP contribution < -0.4 is 0 Å². The normalized spacial score (nSPS) is 16.7. The number of rotatable bonds is 17. The van der Waals surface area contributed by atoms with Crippen LogP contribution >= 0.6 is 7.60 Å². The molecule has 0 bridgehead atoms. The van der Waals surface area contributed by atoms with Crippen molar-refractivity contribution >= 4 is 7.60 Å². The summed E-state index contributed by atoms with van der Waals surface area (Å²) in [7, 11) is -2.94. The first kappa shape index (κ1) is 24.1. The van der Waals surface area contributed by atoms with Crippen molar-refractivity contribution in [2.24, 2.45) is 0 Å². The quantitative estimate of drug-likeness (QED) is 0.196. The van der Waals surface area contributed by atoms with Crippen molar-refractivity contribution in [3.8, 4) is 0 Å². The molecule has 0 aromatic rings. The average Bonchev–Trinajstić information content (AvgIpc) is 2.54. The molecule has 0 N–H and O–H groups in total. The first-order chi connectivity index (χ1) is 11.5. The fourth-order valence-corrected chi connectivity index (χ4v) is 4.55. The van der Waals surface area contributed by atoms with E-state index in [-0.39, 0.29) is 12.2 Å². The lowest BCUT2D eigenvalue weighted by Crippen LogP contribution is -2.14. The fourth-order valence-electron chi connectivity index (χ4n) is 2.90. The van der Waals surface area contributed by atoms with Gasteiger partial charge >= 0.3 is 7.60 Å². The van der Waals surface area contributed by atoms with Gasteiger partial charge in [0.2, 0.25) is 0 Å². The molecule has 0 rings (SSSR count). The van der Waals surface area contributed by atoms with Gasteiger partial charge in [0.1, 0.15) is 0 Å². The lowest BCUT2D eigenvalue weighted by Gasteiger charge is -2.24. The Morgan fingerprint density at radius 2 is 1.04 bits per heavy atom. The third kappa shape index (κ3) is 13.4. The third-order valence-electron chi connectivity index (χ3n) is 4.50. The Hall–Kier alpha value is 0.150. The summed E-state index contributed by atoms with van der Waals surface area (Å²) in [6.07, 6.45) is 15.0. The highest BCUT2D eigenvalue weighted by atomic mass is 31.2. The molecular weight excluding hydrogens is 319 g/mol. The van der Waals surface area contributed by atoms with E-state index in [0.717, 1.165) is 25.7 Å². The van der Waals surface area contributed by atoms with Gasteiger partial charge < -0.3 is 9.05 Å². The molecule has 3 nitrogen and oxygen atoms in total. The molecule has 0 amide bonds. The largest absolute Gasteiger partial charge is 0.330 e. The minimum atomic E-state index is -2.94. The van der Waals surface area contributed by atoms with Gasteiger partial charge in [0.25, 0.3) is 0 Å². The lowest BCUT2D eigenvalue weighted by molar-refractivity contribution is 0.117. The molecule has 24 heavy (non-hydrogen) atoms. The Balaban J connectivity index is 4.01. The van der Waals surface area contributed by atoms with Gasteiger partial charge in [0.05, 0.1) is 12.2 Å². The molecule has 0 aliphatic carbocycles. The summed E-state index contributed by atoms with van der Waals surface area (Å²) in [6.45, 7) is 10.4. The summed E-state index contributed by atoms with van der Waals surface area (Å²) < 4.78 is 24.5. The molecule has 2 unspecified atom stereocenters. The van der Waals surface area contributed by atoms with Crippen molar-refractivity contribution in [3.05, 3.63) is 0 Å². The van der Waals surface area contributed by atoms with Gasteiger partial charge in [0, 0.05) is 6.16 Å². The highest BCUT2D eigenvalue weighted by Crippen LogP contribution is 2.50. The van der Waals surface area contributed by atoms with Gasteiger partial charge in [0.15, 0.2) is 0 Å². The zero-order valence-corrected chi connectivity index (χ0v) is 17.9. The highest BCUT2D eigenvalue weighted by molar-refractivity contribution is 7.53. The van der Waals surface area contributed by atoms with E-state index in [1.54, 1.807) is 0 Å². The predicted octanol–water partition coefficient (Wildman–Crippen LogP) is 7.73. The number of unbranched alkanes of at least 4 members (excludes halogenated alkanes) is 8. The maximum atomic E-state index is 12.8. The Kier molecular flexibility index (Phi) is 15.5. The van der Waals surface area contributed by atoms with E-state index in [1.165, 1.54) is 51.4 Å². The van der Waals surface area contributed by atoms with Crippen LogP contribution in [0.1, 0.15) is 112 Å². The number of hydrogen-bond donors (Lipinski definition) is 0. The lowest BCUT2D eigenvalue weighted by atomic mass is 10.1. The molecule has 4 heteroatoms. The summed E-state index contributed by atoms with van der Waals surface area (Å²) in [5, 5.41) is 0. The van der Waals surface area contributed by atoms with E-state index in [1.807, 2.05) is 20.8 Å². The molecule has 0 aliphatic rings. The molecule has 146 valence electrons. The predicted molar refractivity (Wildman–Crippen MR) is 106 cm³/mol. The van der Waals surface area contributed by atoms with Crippen molar-refractivity contribution in [1.29, 1.82) is 0 Å². The summed E-state index contributed by atoms with van der Waals surface area (Å²) in [6, 6.07) is 0. The Morgan fingerprint density at radius 1 is 0.667 bits per heavy atom. The molecule has 0 aromatic carbocycles. The first-order valence-corrected chi connectivity index (χ1v) is 12.2. The van der Waals surface area contributed by atoms with E-state index in [4.69, 9.17) is 9.05 Å². The van der Waals surface area contributed by atoms with Gasteiger partial charge in [-0.15, -0.1) is 0 Å². The topological polar surface area (TPSA) is 35.5 Å². The van der Waals surface area contributed by atoms with Crippen LogP contribution in [0.3, 0.4) is 0 Å². The van der Waals surface area contributed by atoms with E-state index < -0.39 is 7.60 Å². The molecule has 0 aliphatic heterocycles. The van der Waals surface area contributed by atoms with Crippen LogP contribution in [-0.4, -0.2) is 18.4 Å². The van der Waals surface area contributed by atoms with Crippen molar-refractivity contribution in [2.45, 2.75) is 124 Å². The molecule has 0 radical (unpaired) electrons. The maximum absolute atomic E-state index is 12.8. The summed E-state index contributed by atoms with van der Waals surface area (Å²) in [4.78, 5) is 0. The minimum absolute atomic E-state index is 0.0224. The van der Waals surface area contributed by atoms with Gasteiger partial charge in [-0.3, -0.25) is 4.57 Å². The second kappa shape index (κ2) is 15.4. The second-order valence-electron chi connectivity index (χ2n) is 7.16. The molecule has 0 fully saturated rings.